The quantitative estimate of drug-likeness (QED) is 0.0454. The topological polar surface area (TPSA) is 433 Å². The summed E-state index contributed by atoms with van der Waals surface area (Å²) >= 11 is 0. The lowest BCUT2D eigenvalue weighted by Gasteiger charge is -2.71. The van der Waals surface area contributed by atoms with Crippen molar-refractivity contribution in [1.82, 2.24) is 0 Å². The van der Waals surface area contributed by atoms with E-state index in [0.717, 1.165) is 6.42 Å². The molecule has 10 rings (SSSR count). The molecule has 16 N–H and O–H groups in total. The molecule has 494 valence electrons. The molecule has 5 saturated heterocycles. The van der Waals surface area contributed by atoms with Gasteiger partial charge in [0, 0.05) is 5.41 Å². The Hall–Kier alpha value is -1.79. The van der Waals surface area contributed by atoms with Crippen molar-refractivity contribution in [3.63, 3.8) is 0 Å². The Morgan fingerprint density at radius 1 is 0.558 bits per heavy atom. The zero-order valence-electron chi connectivity index (χ0n) is 50.0. The summed E-state index contributed by atoms with van der Waals surface area (Å²) in [4.78, 5) is 15.1. The first-order chi connectivity index (χ1) is 40.4. The molecule has 0 aromatic rings. The molecule has 0 aromatic heterocycles. The number of hydrogen-bond acceptors (Lipinski definition) is 27. The monoisotopic (exact) mass is 1240 g/mol. The van der Waals surface area contributed by atoms with Gasteiger partial charge < -0.3 is 129 Å². The highest BCUT2D eigenvalue weighted by Crippen LogP contribution is 2.76. The van der Waals surface area contributed by atoms with E-state index in [1.165, 1.54) is 12.5 Å². The van der Waals surface area contributed by atoms with Gasteiger partial charge in [-0.25, -0.2) is 0 Å². The number of aliphatic hydroxyl groups excluding tert-OH is 16. The summed E-state index contributed by atoms with van der Waals surface area (Å²) in [6.07, 6.45) is -31.4. The summed E-state index contributed by atoms with van der Waals surface area (Å²) < 4.78 is 59.5. The molecule has 5 aliphatic carbocycles. The van der Waals surface area contributed by atoms with Gasteiger partial charge in [0.2, 0.25) is 6.29 Å². The van der Waals surface area contributed by atoms with Crippen molar-refractivity contribution in [3.05, 3.63) is 11.6 Å². The largest absolute Gasteiger partial charge is 0.432 e. The van der Waals surface area contributed by atoms with Gasteiger partial charge in [-0.3, -0.25) is 4.79 Å². The van der Waals surface area contributed by atoms with Crippen LogP contribution < -0.4 is 0 Å². The molecule has 5 aliphatic heterocycles. The predicted octanol–water partition coefficient (Wildman–Crippen LogP) is -3.57. The predicted molar refractivity (Wildman–Crippen MR) is 289 cm³/mol. The highest BCUT2D eigenvalue weighted by atomic mass is 16.8. The summed E-state index contributed by atoms with van der Waals surface area (Å²) in [6.45, 7) is 12.1. The maximum atomic E-state index is 15.1. The maximum Gasteiger partial charge on any atom is 0.315 e. The normalized spacial score (nSPS) is 54.8. The lowest BCUT2D eigenvalue weighted by molar-refractivity contribution is -0.383. The standard InChI is InChI=1S/C59H96O27/c1-24-34(64)46(84-49-43(73)40(70)37(67)29(20-61)81-49)45(75)51(79-24)85-47-35(65)27(63)21-77-52(47)83-33-11-12-55(4)31(56(33,5)23-62)10-13-58(7)32(55)9-8-25-26-18-54(2,3)14-16-59(26,17-15-57(25,58)6)53(76)86-50-44(74)41(71)38(68)30(82-50)22-78-48-42(72)39(69)36(66)28(19-60)80-48/h8,24,26-52,60-75H,9-23H2,1-7H3/t24-,26-,27+,28+,29+,30+,31+,32+,33-,34-,35-,36+,37+,38+,39-,40-,41-,42+,43+,44+,45+,46+,47+,48+,49-,50-,51-,52-,55-,56-,57+,58+,59-/m0/s1. The van der Waals surface area contributed by atoms with E-state index in [4.69, 9.17) is 47.4 Å². The van der Waals surface area contributed by atoms with E-state index in [1.807, 2.05) is 6.92 Å². The van der Waals surface area contributed by atoms with Crippen LogP contribution in [-0.4, -0.2) is 274 Å². The zero-order valence-corrected chi connectivity index (χ0v) is 50.0. The van der Waals surface area contributed by atoms with Gasteiger partial charge in [-0.05, 0) is 111 Å². The first kappa shape index (κ1) is 67.1. The minimum atomic E-state index is -1.87. The van der Waals surface area contributed by atoms with E-state index in [2.05, 4.69) is 40.7 Å². The zero-order chi connectivity index (χ0) is 62.7. The third-order valence-corrected chi connectivity index (χ3v) is 23.2. The van der Waals surface area contributed by atoms with Crippen molar-refractivity contribution in [3.8, 4) is 0 Å². The van der Waals surface area contributed by atoms with Crippen molar-refractivity contribution in [2.24, 2.45) is 50.2 Å². The average molecular weight is 1240 g/mol. The lowest BCUT2D eigenvalue weighted by atomic mass is 9.33. The molecule has 0 bridgehead atoms. The van der Waals surface area contributed by atoms with Crippen molar-refractivity contribution in [2.45, 2.75) is 266 Å². The second-order valence-electron chi connectivity index (χ2n) is 28.5. The third kappa shape index (κ3) is 11.2. The number of ether oxygens (including phenoxy) is 10. The molecule has 4 saturated carbocycles. The van der Waals surface area contributed by atoms with E-state index >= 15 is 4.79 Å². The summed E-state index contributed by atoms with van der Waals surface area (Å²) in [5, 5.41) is 172. The minimum Gasteiger partial charge on any atom is -0.432 e. The molecule has 5 heterocycles. The number of fused-ring (bicyclic) bond motifs is 7. The molecular weight excluding hydrogens is 1140 g/mol. The smallest absolute Gasteiger partial charge is 0.315 e. The van der Waals surface area contributed by atoms with E-state index in [0.29, 0.717) is 57.8 Å². The SMILES string of the molecule is C[C@@H]1O[C@@H](O[C@H]2[C@H](O[C@H]3CC[C@@]4(C)[C@@H](CC[C@]5(C)[C@@H]4CC=C4[C@@H]6CC(C)(C)CC[C@]6(C(=O)O[C@@H]6O[C@H](CO[C@@H]7O[C@H](CO)[C@@H](O)[C@H](O)[C@H]7O)[C@@H](O)[C@H](O)[C@H]6O)CC[C@]45C)[C@]3(C)CO)OC[C@@H](O)[C@@H]2O)[C@H](O)[C@H](O[C@@H]2O[C@H](CO)[C@@H](O)[C@H](O)[C@H]2O)[C@H]1O. The first-order valence-corrected chi connectivity index (χ1v) is 30.8. The van der Waals surface area contributed by atoms with Crippen LogP contribution in [0.15, 0.2) is 11.6 Å². The van der Waals surface area contributed by atoms with Crippen LogP contribution in [0.5, 0.6) is 0 Å². The van der Waals surface area contributed by atoms with Crippen molar-refractivity contribution < 1.29 is 134 Å². The summed E-state index contributed by atoms with van der Waals surface area (Å²) in [7, 11) is 0. The van der Waals surface area contributed by atoms with E-state index < -0.39 is 196 Å². The molecular formula is C59H96O27. The van der Waals surface area contributed by atoms with E-state index in [1.54, 1.807) is 0 Å². The van der Waals surface area contributed by atoms with Crippen LogP contribution in [0.1, 0.15) is 113 Å². The molecule has 9 fully saturated rings. The second kappa shape index (κ2) is 24.9. The number of esters is 1. The second-order valence-corrected chi connectivity index (χ2v) is 28.5. The van der Waals surface area contributed by atoms with Crippen LogP contribution in [0.25, 0.3) is 0 Å². The van der Waals surface area contributed by atoms with Crippen molar-refractivity contribution >= 4 is 5.97 Å². The van der Waals surface area contributed by atoms with Crippen LogP contribution in [0.3, 0.4) is 0 Å². The summed E-state index contributed by atoms with van der Waals surface area (Å²) in [5.41, 5.74) is -2.07. The maximum absolute atomic E-state index is 15.1. The first-order valence-electron chi connectivity index (χ1n) is 30.8. The van der Waals surface area contributed by atoms with Crippen molar-refractivity contribution in [2.75, 3.05) is 33.0 Å². The molecule has 10 aliphatic rings. The Bertz CT molecular complexity index is 2380. The Kier molecular flexibility index (Phi) is 19.4. The highest BCUT2D eigenvalue weighted by molar-refractivity contribution is 5.79. The fourth-order valence-electron chi connectivity index (χ4n) is 17.6. The van der Waals surface area contributed by atoms with Gasteiger partial charge in [0.25, 0.3) is 0 Å². The number of carbonyl (C=O) groups is 1. The molecule has 0 spiro atoms. The van der Waals surface area contributed by atoms with Crippen molar-refractivity contribution in [1.29, 1.82) is 0 Å². The number of allylic oxidation sites excluding steroid dienone is 2. The van der Waals surface area contributed by atoms with Gasteiger partial charge in [0.1, 0.15) is 110 Å². The number of carbonyl (C=O) groups excluding carboxylic acids is 1. The average Bonchev–Trinajstić information content (AvgIpc) is 0.689. The molecule has 27 nitrogen and oxygen atoms in total. The van der Waals surface area contributed by atoms with Gasteiger partial charge in [-0.2, -0.15) is 0 Å². The van der Waals surface area contributed by atoms with Crippen LogP contribution >= 0.6 is 0 Å². The summed E-state index contributed by atoms with van der Waals surface area (Å²) in [5.74, 6) is -0.929. The fourth-order valence-corrected chi connectivity index (χ4v) is 17.6. The van der Waals surface area contributed by atoms with Gasteiger partial charge in [-0.15, -0.1) is 0 Å². The van der Waals surface area contributed by atoms with Gasteiger partial charge in [-0.1, -0.05) is 53.2 Å². The van der Waals surface area contributed by atoms with Gasteiger partial charge in [0.15, 0.2) is 25.2 Å². The Morgan fingerprint density at radius 2 is 1.13 bits per heavy atom. The third-order valence-electron chi connectivity index (χ3n) is 23.2. The number of hydrogen-bond donors (Lipinski definition) is 16. The van der Waals surface area contributed by atoms with E-state index in [9.17, 15) is 81.7 Å². The van der Waals surface area contributed by atoms with Gasteiger partial charge >= 0.3 is 5.97 Å². The Labute approximate surface area is 499 Å². The Morgan fingerprint density at radius 3 is 1.77 bits per heavy atom. The van der Waals surface area contributed by atoms with Crippen LogP contribution in [0.2, 0.25) is 0 Å². The lowest BCUT2D eigenvalue weighted by Crippen LogP contribution is -2.67. The van der Waals surface area contributed by atoms with Gasteiger partial charge in [0.05, 0.1) is 50.7 Å². The molecule has 0 radical (unpaired) electrons. The molecule has 27 heteroatoms. The Balaban J connectivity index is 0.849. The van der Waals surface area contributed by atoms with Crippen LogP contribution in [0, 0.1) is 50.2 Å². The fraction of sp³-hybridized carbons (Fsp3) is 0.949. The number of rotatable bonds is 14. The van der Waals surface area contributed by atoms with E-state index in [-0.39, 0.29) is 47.2 Å². The van der Waals surface area contributed by atoms with Crippen LogP contribution in [-0.2, 0) is 52.2 Å². The van der Waals surface area contributed by atoms with Crippen LogP contribution in [0.4, 0.5) is 0 Å². The molecule has 0 amide bonds. The molecule has 0 aromatic carbocycles. The minimum absolute atomic E-state index is 0.0885. The molecule has 33 atom stereocenters. The number of aliphatic hydroxyl groups is 16. The molecule has 86 heavy (non-hydrogen) atoms. The molecule has 0 unspecified atom stereocenters. The highest BCUT2D eigenvalue weighted by Gasteiger charge is 2.71. The summed E-state index contributed by atoms with van der Waals surface area (Å²) in [6, 6.07) is 0.